The molecule has 1 fully saturated rings. The van der Waals surface area contributed by atoms with E-state index < -0.39 is 0 Å². The second-order valence-corrected chi connectivity index (χ2v) is 5.58. The van der Waals surface area contributed by atoms with Crippen LogP contribution in [0.2, 0.25) is 6.04 Å². The molecule has 2 nitrogen and oxygen atoms in total. The quantitative estimate of drug-likeness (QED) is 0.427. The first-order chi connectivity index (χ1) is 5.64. The Balaban J connectivity index is 2.18. The van der Waals surface area contributed by atoms with Crippen LogP contribution >= 0.6 is 0 Å². The third-order valence-electron chi connectivity index (χ3n) is 2.87. The van der Waals surface area contributed by atoms with Gasteiger partial charge in [0.2, 0.25) is 0 Å². The zero-order chi connectivity index (χ0) is 9.03. The van der Waals surface area contributed by atoms with E-state index in [1.54, 1.807) is 0 Å². The Hall–Kier alpha value is 0.137. The molecule has 1 aliphatic rings. The van der Waals surface area contributed by atoms with E-state index in [9.17, 15) is 0 Å². The summed E-state index contributed by atoms with van der Waals surface area (Å²) < 4.78 is 1.22. The van der Waals surface area contributed by atoms with E-state index in [-0.39, 0.29) is 0 Å². The summed E-state index contributed by atoms with van der Waals surface area (Å²) in [6.07, 6.45) is 1.43. The van der Waals surface area contributed by atoms with Gasteiger partial charge in [-0.05, 0) is 13.0 Å². The molecule has 1 aliphatic heterocycles. The lowest BCUT2D eigenvalue weighted by molar-refractivity contribution is -0.894. The predicted molar refractivity (Wildman–Crippen MR) is 57.6 cm³/mol. The summed E-state index contributed by atoms with van der Waals surface area (Å²) in [5.74, 6) is 0. The molecule has 1 heterocycles. The van der Waals surface area contributed by atoms with Crippen LogP contribution in [0.3, 0.4) is 0 Å². The van der Waals surface area contributed by atoms with Crippen molar-refractivity contribution < 1.29 is 4.48 Å². The minimum atomic E-state index is 1.22. The van der Waals surface area contributed by atoms with Crippen molar-refractivity contribution >= 4 is 10.2 Å². The van der Waals surface area contributed by atoms with Gasteiger partial charge < -0.3 is 4.48 Å². The average molecular weight is 187 g/mol. The fourth-order valence-corrected chi connectivity index (χ4v) is 1.97. The maximum atomic E-state index is 2.63. The molecule has 0 aromatic heterocycles. The first-order valence-corrected chi connectivity index (χ1v) is 6.60. The van der Waals surface area contributed by atoms with E-state index in [0.717, 1.165) is 0 Å². The molecule has 0 amide bonds. The van der Waals surface area contributed by atoms with E-state index in [2.05, 4.69) is 19.0 Å². The molecule has 0 unspecified atom stereocenters. The SMILES string of the molecule is C[N+]1(C)CCN(CCC[SiH3])CC1. The van der Waals surface area contributed by atoms with Crippen LogP contribution in [0.5, 0.6) is 0 Å². The van der Waals surface area contributed by atoms with Crippen LogP contribution in [0.25, 0.3) is 0 Å². The molecule has 3 heteroatoms. The van der Waals surface area contributed by atoms with Gasteiger partial charge in [-0.3, -0.25) is 4.90 Å². The highest BCUT2D eigenvalue weighted by atomic mass is 28.1. The number of hydrogen-bond donors (Lipinski definition) is 0. The van der Waals surface area contributed by atoms with Gasteiger partial charge in [0.1, 0.15) is 0 Å². The Kier molecular flexibility index (Phi) is 3.74. The summed E-state index contributed by atoms with van der Waals surface area (Å²) in [4.78, 5) is 2.63. The molecule has 1 rings (SSSR count). The predicted octanol–water partition coefficient (Wildman–Crippen LogP) is -0.448. The molecule has 0 aromatic rings. The largest absolute Gasteiger partial charge is 0.326 e. The van der Waals surface area contributed by atoms with Gasteiger partial charge in [-0.15, -0.1) is 0 Å². The van der Waals surface area contributed by atoms with Gasteiger partial charge in [-0.1, -0.05) is 6.04 Å². The lowest BCUT2D eigenvalue weighted by Crippen LogP contribution is -2.54. The lowest BCUT2D eigenvalue weighted by Gasteiger charge is -2.39. The highest BCUT2D eigenvalue weighted by Crippen LogP contribution is 2.06. The van der Waals surface area contributed by atoms with E-state index in [0.29, 0.717) is 0 Å². The molecule has 0 saturated carbocycles. The Morgan fingerprint density at radius 2 is 1.83 bits per heavy atom. The van der Waals surface area contributed by atoms with E-state index in [1.165, 1.54) is 59.9 Å². The van der Waals surface area contributed by atoms with Crippen LogP contribution in [0.4, 0.5) is 0 Å². The third-order valence-corrected chi connectivity index (χ3v) is 3.58. The van der Waals surface area contributed by atoms with Gasteiger partial charge in [0.25, 0.3) is 0 Å². The Labute approximate surface area is 79.6 Å². The van der Waals surface area contributed by atoms with Crippen LogP contribution in [-0.4, -0.2) is 66.4 Å². The van der Waals surface area contributed by atoms with Crippen LogP contribution in [0.1, 0.15) is 6.42 Å². The van der Waals surface area contributed by atoms with Crippen LogP contribution in [-0.2, 0) is 0 Å². The Morgan fingerprint density at radius 1 is 1.25 bits per heavy atom. The first kappa shape index (κ1) is 10.2. The van der Waals surface area contributed by atoms with Crippen molar-refractivity contribution in [1.29, 1.82) is 0 Å². The first-order valence-electron chi connectivity index (χ1n) is 5.18. The van der Waals surface area contributed by atoms with Gasteiger partial charge in [-0.25, -0.2) is 0 Å². The van der Waals surface area contributed by atoms with Gasteiger partial charge in [-0.2, -0.15) is 0 Å². The number of nitrogens with zero attached hydrogens (tertiary/aromatic N) is 2. The van der Waals surface area contributed by atoms with Gasteiger partial charge in [0.05, 0.1) is 27.2 Å². The van der Waals surface area contributed by atoms with Crippen molar-refractivity contribution in [2.45, 2.75) is 12.5 Å². The second kappa shape index (κ2) is 4.39. The zero-order valence-electron chi connectivity index (χ0n) is 8.84. The molecule has 0 N–H and O–H groups in total. The highest BCUT2D eigenvalue weighted by molar-refractivity contribution is 6.08. The zero-order valence-corrected chi connectivity index (χ0v) is 10.8. The molecular formula is C9H23N2Si+. The maximum absolute atomic E-state index is 2.63. The number of quaternary nitrogens is 1. The number of likely N-dealkylation sites (N-methyl/N-ethyl adjacent to an activating group) is 1. The summed E-state index contributed by atoms with van der Waals surface area (Å²) in [6.45, 7) is 6.65. The van der Waals surface area contributed by atoms with Crippen LogP contribution < -0.4 is 0 Å². The third kappa shape index (κ3) is 3.25. The fourth-order valence-electron chi connectivity index (χ4n) is 1.65. The minimum absolute atomic E-state index is 1.22. The average Bonchev–Trinajstić information content (AvgIpc) is 2.03. The Bertz CT molecular complexity index is 126. The summed E-state index contributed by atoms with van der Waals surface area (Å²) >= 11 is 0. The van der Waals surface area contributed by atoms with Crippen molar-refractivity contribution in [2.24, 2.45) is 0 Å². The number of piperazine rings is 1. The summed E-state index contributed by atoms with van der Waals surface area (Å²) in [5, 5.41) is 0. The molecule has 0 aromatic carbocycles. The van der Waals surface area contributed by atoms with E-state index >= 15 is 0 Å². The van der Waals surface area contributed by atoms with Gasteiger partial charge in [0.15, 0.2) is 0 Å². The lowest BCUT2D eigenvalue weighted by atomic mass is 10.3. The molecule has 0 atom stereocenters. The van der Waals surface area contributed by atoms with Crippen LogP contribution in [0, 0.1) is 0 Å². The van der Waals surface area contributed by atoms with Gasteiger partial charge in [0, 0.05) is 23.3 Å². The molecule has 0 radical (unpaired) electrons. The number of hydrogen-bond acceptors (Lipinski definition) is 1. The normalized spacial score (nSPS) is 24.5. The maximum Gasteiger partial charge on any atom is 0.0912 e. The number of rotatable bonds is 3. The fraction of sp³-hybridized carbons (Fsp3) is 1.00. The van der Waals surface area contributed by atoms with Crippen molar-refractivity contribution in [3.63, 3.8) is 0 Å². The van der Waals surface area contributed by atoms with Gasteiger partial charge >= 0.3 is 0 Å². The minimum Gasteiger partial charge on any atom is -0.326 e. The van der Waals surface area contributed by atoms with Crippen molar-refractivity contribution in [1.82, 2.24) is 4.90 Å². The molecule has 0 spiro atoms. The van der Waals surface area contributed by atoms with Crippen LogP contribution in [0.15, 0.2) is 0 Å². The molecule has 72 valence electrons. The summed E-state index contributed by atoms with van der Waals surface area (Å²) in [7, 11) is 6.05. The molecule has 0 bridgehead atoms. The van der Waals surface area contributed by atoms with Crippen molar-refractivity contribution in [3.8, 4) is 0 Å². The van der Waals surface area contributed by atoms with E-state index in [4.69, 9.17) is 0 Å². The van der Waals surface area contributed by atoms with Crippen molar-refractivity contribution in [3.05, 3.63) is 0 Å². The van der Waals surface area contributed by atoms with Crippen molar-refractivity contribution in [2.75, 3.05) is 46.8 Å². The molecular weight excluding hydrogens is 164 g/mol. The summed E-state index contributed by atoms with van der Waals surface area (Å²) in [5.41, 5.74) is 0. The smallest absolute Gasteiger partial charge is 0.0912 e. The highest BCUT2D eigenvalue weighted by Gasteiger charge is 2.23. The monoisotopic (exact) mass is 187 g/mol. The topological polar surface area (TPSA) is 3.24 Å². The van der Waals surface area contributed by atoms with E-state index in [1.807, 2.05) is 0 Å². The molecule has 12 heavy (non-hydrogen) atoms. The Morgan fingerprint density at radius 3 is 2.33 bits per heavy atom. The molecule has 1 saturated heterocycles. The standard InChI is InChI=1S/C9H23N2Si/c1-11(2)7-5-10(6-8-11)4-3-9-12/h3-9H2,1-2,12H3/q+1. The second-order valence-electron chi connectivity index (χ2n) is 4.58. The molecule has 0 aliphatic carbocycles. The summed E-state index contributed by atoms with van der Waals surface area (Å²) in [6, 6.07) is 1.47.